The van der Waals surface area contributed by atoms with Crippen molar-refractivity contribution in [1.82, 2.24) is 16.2 Å². The van der Waals surface area contributed by atoms with Crippen molar-refractivity contribution in [2.75, 3.05) is 6.61 Å². The normalized spacial score (nSPS) is 10.4. The van der Waals surface area contributed by atoms with E-state index in [-0.39, 0.29) is 11.7 Å². The van der Waals surface area contributed by atoms with Gasteiger partial charge in [-0.2, -0.15) is 0 Å². The lowest BCUT2D eigenvalue weighted by Crippen LogP contribution is -2.49. The molecule has 26 heavy (non-hydrogen) atoms. The Labute approximate surface area is 163 Å². The van der Waals surface area contributed by atoms with Crippen LogP contribution in [0.3, 0.4) is 0 Å². The Balaban J connectivity index is 1.69. The van der Waals surface area contributed by atoms with Crippen molar-refractivity contribution < 1.29 is 18.7 Å². The smallest absolute Gasteiger partial charge is 0.276 e. The maximum absolute atomic E-state index is 11.8. The molecule has 0 unspecified atom stereocenters. The predicted octanol–water partition coefficient (Wildman–Crippen LogP) is 2.46. The Bertz CT molecular complexity index is 821. The molecule has 1 aromatic carbocycles. The van der Waals surface area contributed by atoms with Crippen LogP contribution in [-0.2, 0) is 9.59 Å². The first-order valence-electron chi connectivity index (χ1n) is 7.44. The zero-order chi connectivity index (χ0) is 18.9. The number of hydrazine groups is 1. The molecule has 2 amide bonds. The van der Waals surface area contributed by atoms with E-state index >= 15 is 0 Å². The lowest BCUT2D eigenvalue weighted by atomic mass is 10.2. The molecule has 2 rings (SSSR count). The van der Waals surface area contributed by atoms with Crippen LogP contribution < -0.4 is 20.9 Å². The molecule has 1 heterocycles. The monoisotopic (exact) mass is 437 g/mol. The summed E-state index contributed by atoms with van der Waals surface area (Å²) in [5.74, 6) is 0.222. The summed E-state index contributed by atoms with van der Waals surface area (Å²) in [6, 6.07) is 8.87. The van der Waals surface area contributed by atoms with Gasteiger partial charge in [-0.15, -0.1) is 0 Å². The van der Waals surface area contributed by atoms with Gasteiger partial charge in [-0.3, -0.25) is 25.8 Å². The second-order valence-corrected chi connectivity index (χ2v) is 6.36. The van der Waals surface area contributed by atoms with E-state index in [9.17, 15) is 9.59 Å². The third-order valence-corrected chi connectivity index (χ3v) is 3.69. The Morgan fingerprint density at radius 1 is 1.31 bits per heavy atom. The van der Waals surface area contributed by atoms with Crippen molar-refractivity contribution >= 4 is 51.2 Å². The summed E-state index contributed by atoms with van der Waals surface area (Å²) >= 11 is 8.27. The molecule has 3 N–H and O–H groups in total. The number of furan rings is 1. The van der Waals surface area contributed by atoms with Crippen LogP contribution in [0.15, 0.2) is 51.6 Å². The van der Waals surface area contributed by atoms with Crippen LogP contribution in [0.25, 0.3) is 6.08 Å². The second kappa shape index (κ2) is 9.73. The molecule has 0 saturated heterocycles. The molecular weight excluding hydrogens is 422 g/mol. The molecule has 0 aliphatic rings. The molecule has 0 aliphatic carbocycles. The summed E-state index contributed by atoms with van der Waals surface area (Å²) in [4.78, 5) is 23.4. The van der Waals surface area contributed by atoms with Crippen LogP contribution >= 0.6 is 28.1 Å². The number of amides is 2. The first-order chi connectivity index (χ1) is 12.4. The fourth-order valence-electron chi connectivity index (χ4n) is 1.81. The molecule has 0 bridgehead atoms. The van der Waals surface area contributed by atoms with Crippen molar-refractivity contribution in [3.63, 3.8) is 0 Å². The predicted molar refractivity (Wildman–Crippen MR) is 104 cm³/mol. The van der Waals surface area contributed by atoms with Crippen LogP contribution in [0.2, 0.25) is 0 Å². The molecule has 136 valence electrons. The van der Waals surface area contributed by atoms with Gasteiger partial charge in [-0.25, -0.2) is 0 Å². The summed E-state index contributed by atoms with van der Waals surface area (Å²) < 4.78 is 11.4. The SMILES string of the molecule is Cc1cc(Br)ccc1OCC(=O)NNC(=S)NC(=O)C=Cc1ccco1. The summed E-state index contributed by atoms with van der Waals surface area (Å²) in [6.07, 6.45) is 4.25. The summed E-state index contributed by atoms with van der Waals surface area (Å²) in [6.45, 7) is 1.67. The number of carbonyl (C=O) groups excluding carboxylic acids is 2. The van der Waals surface area contributed by atoms with Gasteiger partial charge in [0.25, 0.3) is 5.91 Å². The van der Waals surface area contributed by atoms with Crippen molar-refractivity contribution in [2.45, 2.75) is 6.92 Å². The van der Waals surface area contributed by atoms with Gasteiger partial charge in [0.1, 0.15) is 11.5 Å². The summed E-state index contributed by atoms with van der Waals surface area (Å²) in [5.41, 5.74) is 5.65. The van der Waals surface area contributed by atoms with Gasteiger partial charge < -0.3 is 9.15 Å². The highest BCUT2D eigenvalue weighted by Gasteiger charge is 2.07. The minimum Gasteiger partial charge on any atom is -0.483 e. The quantitative estimate of drug-likeness (QED) is 0.378. The number of rotatable bonds is 5. The molecule has 2 aromatic rings. The van der Waals surface area contributed by atoms with Gasteiger partial charge in [0, 0.05) is 10.5 Å². The second-order valence-electron chi connectivity index (χ2n) is 5.04. The van der Waals surface area contributed by atoms with Crippen LogP contribution in [0, 0.1) is 6.92 Å². The minimum absolute atomic E-state index is 0.0488. The van der Waals surface area contributed by atoms with E-state index in [4.69, 9.17) is 21.4 Å². The van der Waals surface area contributed by atoms with Crippen LogP contribution in [0.4, 0.5) is 0 Å². The average molecular weight is 438 g/mol. The number of nitrogens with one attached hydrogen (secondary N) is 3. The molecule has 0 aliphatic heterocycles. The fourth-order valence-corrected chi connectivity index (χ4v) is 2.44. The lowest BCUT2D eigenvalue weighted by molar-refractivity contribution is -0.123. The van der Waals surface area contributed by atoms with E-state index < -0.39 is 11.8 Å². The molecular formula is C17H16BrN3O4S. The number of carbonyl (C=O) groups is 2. The van der Waals surface area contributed by atoms with E-state index in [1.807, 2.05) is 19.1 Å². The number of hydrogen-bond acceptors (Lipinski definition) is 5. The molecule has 0 atom stereocenters. The van der Waals surface area contributed by atoms with Gasteiger partial charge in [0.2, 0.25) is 5.91 Å². The van der Waals surface area contributed by atoms with Gasteiger partial charge in [0.15, 0.2) is 11.7 Å². The standard InChI is InChI=1S/C17H16BrN3O4S/c1-11-9-12(18)4-6-14(11)25-10-16(23)20-21-17(26)19-15(22)7-5-13-3-2-8-24-13/h2-9H,10H2,1H3,(H,20,23)(H2,19,21,22,26). The van der Waals surface area contributed by atoms with E-state index in [2.05, 4.69) is 32.1 Å². The van der Waals surface area contributed by atoms with Gasteiger partial charge >= 0.3 is 0 Å². The molecule has 0 spiro atoms. The first kappa shape index (κ1) is 19.7. The fraction of sp³-hybridized carbons (Fsp3) is 0.118. The molecule has 0 fully saturated rings. The Hall–Kier alpha value is -2.65. The zero-order valence-electron chi connectivity index (χ0n) is 13.7. The molecule has 1 aromatic heterocycles. The Morgan fingerprint density at radius 3 is 2.81 bits per heavy atom. The number of thiocarbonyl (C=S) groups is 1. The van der Waals surface area contributed by atoms with Crippen molar-refractivity contribution in [1.29, 1.82) is 0 Å². The largest absolute Gasteiger partial charge is 0.483 e. The van der Waals surface area contributed by atoms with Gasteiger partial charge in [-0.05, 0) is 61.1 Å². The summed E-state index contributed by atoms with van der Waals surface area (Å²) in [5, 5.41) is 2.33. The Kier molecular flexibility index (Phi) is 7.37. The van der Waals surface area contributed by atoms with Crippen molar-refractivity contribution in [3.05, 3.63) is 58.5 Å². The van der Waals surface area contributed by atoms with E-state index in [0.717, 1.165) is 10.0 Å². The lowest BCUT2D eigenvalue weighted by Gasteiger charge is -2.11. The van der Waals surface area contributed by atoms with Crippen LogP contribution in [0.1, 0.15) is 11.3 Å². The van der Waals surface area contributed by atoms with Crippen molar-refractivity contribution in [2.24, 2.45) is 0 Å². The molecule has 9 heteroatoms. The third kappa shape index (κ3) is 6.69. The maximum atomic E-state index is 11.8. The number of aryl methyl sites for hydroxylation is 1. The topological polar surface area (TPSA) is 92.6 Å². The van der Waals surface area contributed by atoms with Crippen molar-refractivity contribution in [3.8, 4) is 5.75 Å². The maximum Gasteiger partial charge on any atom is 0.276 e. The van der Waals surface area contributed by atoms with Gasteiger partial charge in [-0.1, -0.05) is 15.9 Å². The molecule has 0 radical (unpaired) electrons. The van der Waals surface area contributed by atoms with Gasteiger partial charge in [0.05, 0.1) is 6.26 Å². The summed E-state index contributed by atoms with van der Waals surface area (Å²) in [7, 11) is 0. The highest BCUT2D eigenvalue weighted by molar-refractivity contribution is 9.10. The molecule has 7 nitrogen and oxygen atoms in total. The highest BCUT2D eigenvalue weighted by Crippen LogP contribution is 2.21. The van der Waals surface area contributed by atoms with E-state index in [1.54, 1.807) is 18.2 Å². The van der Waals surface area contributed by atoms with E-state index in [0.29, 0.717) is 11.5 Å². The highest BCUT2D eigenvalue weighted by atomic mass is 79.9. The number of halogens is 1. The van der Waals surface area contributed by atoms with E-state index in [1.165, 1.54) is 18.4 Å². The number of hydrogen-bond donors (Lipinski definition) is 3. The number of ether oxygens (including phenoxy) is 1. The average Bonchev–Trinajstić information content (AvgIpc) is 3.11. The Morgan fingerprint density at radius 2 is 2.12 bits per heavy atom. The molecule has 0 saturated carbocycles. The minimum atomic E-state index is -0.463. The number of benzene rings is 1. The first-order valence-corrected chi connectivity index (χ1v) is 8.64. The van der Waals surface area contributed by atoms with Crippen LogP contribution in [-0.4, -0.2) is 23.5 Å². The zero-order valence-corrected chi connectivity index (χ0v) is 16.1. The van der Waals surface area contributed by atoms with Crippen LogP contribution in [0.5, 0.6) is 5.75 Å². The third-order valence-electron chi connectivity index (χ3n) is 2.99.